The van der Waals surface area contributed by atoms with E-state index in [1.807, 2.05) is 25.6 Å². The third-order valence-electron chi connectivity index (χ3n) is 3.67. The van der Waals surface area contributed by atoms with E-state index in [1.165, 1.54) is 0 Å². The molecular weight excluding hydrogens is 288 g/mol. The summed E-state index contributed by atoms with van der Waals surface area (Å²) in [6.45, 7) is 4.72. The minimum Gasteiger partial charge on any atom is -0.477 e. The average Bonchev–Trinajstić information content (AvgIpc) is 3.05. The van der Waals surface area contributed by atoms with Crippen molar-refractivity contribution in [2.45, 2.75) is 39.5 Å². The summed E-state index contributed by atoms with van der Waals surface area (Å²) in [5.74, 6) is 0.693. The first-order valence-corrected chi connectivity index (χ1v) is 8.56. The number of rotatable bonds is 10. The van der Waals surface area contributed by atoms with Gasteiger partial charge in [-0.3, -0.25) is 4.79 Å². The number of hydrogen-bond acceptors (Lipinski definition) is 4. The summed E-state index contributed by atoms with van der Waals surface area (Å²) in [7, 11) is 0. The number of hydrogen-bond donors (Lipinski definition) is 3. The molecule has 120 valence electrons. The van der Waals surface area contributed by atoms with Gasteiger partial charge in [-0.1, -0.05) is 19.9 Å². The maximum Gasteiger partial charge on any atom is 0.352 e. The van der Waals surface area contributed by atoms with E-state index in [0.717, 1.165) is 30.8 Å². The standard InChI is InChI=1S/C15H26N2O3S/c1-15(2)10-11(15)13(18)17-12(14(19)20)6-4-3-5-8-21-9-7-16/h6,11H,3-5,7-10,16H2,1-2H3,(H,17,18)(H,19,20)/b12-6-/t11-/m1/s1. The van der Waals surface area contributed by atoms with Gasteiger partial charge in [0.15, 0.2) is 0 Å². The Hall–Kier alpha value is -1.01. The Balaban J connectivity index is 2.31. The lowest BCUT2D eigenvalue weighted by molar-refractivity contribution is -0.135. The molecule has 0 bridgehead atoms. The summed E-state index contributed by atoms with van der Waals surface area (Å²) in [5.41, 5.74) is 5.42. The third-order valence-corrected chi connectivity index (χ3v) is 4.77. The Morgan fingerprint density at radius 3 is 2.57 bits per heavy atom. The Bertz CT molecular complexity index is 408. The van der Waals surface area contributed by atoms with Crippen LogP contribution >= 0.6 is 11.8 Å². The first kappa shape index (κ1) is 18.0. The summed E-state index contributed by atoms with van der Waals surface area (Å²) in [6, 6.07) is 0. The van der Waals surface area contributed by atoms with Gasteiger partial charge in [-0.15, -0.1) is 0 Å². The molecule has 4 N–H and O–H groups in total. The van der Waals surface area contributed by atoms with Gasteiger partial charge in [0, 0.05) is 18.2 Å². The van der Waals surface area contributed by atoms with Crippen LogP contribution in [0, 0.1) is 11.3 Å². The Kier molecular flexibility index (Phi) is 7.25. The van der Waals surface area contributed by atoms with Crippen LogP contribution in [0.2, 0.25) is 0 Å². The second-order valence-electron chi connectivity index (χ2n) is 6.05. The number of nitrogens with two attached hydrogens (primary N) is 1. The second kappa shape index (κ2) is 8.44. The molecule has 0 radical (unpaired) electrons. The molecule has 6 heteroatoms. The van der Waals surface area contributed by atoms with Gasteiger partial charge >= 0.3 is 5.97 Å². The van der Waals surface area contributed by atoms with Crippen molar-refractivity contribution in [3.05, 3.63) is 11.8 Å². The van der Waals surface area contributed by atoms with Crippen molar-refractivity contribution in [1.29, 1.82) is 0 Å². The van der Waals surface area contributed by atoms with Crippen molar-refractivity contribution in [2.75, 3.05) is 18.1 Å². The van der Waals surface area contributed by atoms with Gasteiger partial charge in [0.1, 0.15) is 5.70 Å². The number of unbranched alkanes of at least 4 members (excludes halogenated alkanes) is 2. The van der Waals surface area contributed by atoms with E-state index in [2.05, 4.69) is 5.32 Å². The van der Waals surface area contributed by atoms with Crippen molar-refractivity contribution in [3.8, 4) is 0 Å². The van der Waals surface area contributed by atoms with Crippen molar-refractivity contribution >= 4 is 23.6 Å². The van der Waals surface area contributed by atoms with Crippen LogP contribution in [0.3, 0.4) is 0 Å². The SMILES string of the molecule is CC1(C)C[C@@H]1C(=O)N/C(=C\CCCCSCCN)C(=O)O. The lowest BCUT2D eigenvalue weighted by atomic mass is 10.1. The van der Waals surface area contributed by atoms with Gasteiger partial charge in [0.2, 0.25) is 5.91 Å². The van der Waals surface area contributed by atoms with E-state index in [9.17, 15) is 9.59 Å². The van der Waals surface area contributed by atoms with Crippen LogP contribution in [0.15, 0.2) is 11.8 Å². The van der Waals surface area contributed by atoms with E-state index in [0.29, 0.717) is 13.0 Å². The molecule has 21 heavy (non-hydrogen) atoms. The van der Waals surface area contributed by atoms with E-state index >= 15 is 0 Å². The van der Waals surface area contributed by atoms with Crippen LogP contribution in [0.25, 0.3) is 0 Å². The molecule has 1 saturated carbocycles. The largest absolute Gasteiger partial charge is 0.477 e. The van der Waals surface area contributed by atoms with Crippen molar-refractivity contribution in [2.24, 2.45) is 17.1 Å². The first-order chi connectivity index (χ1) is 9.88. The van der Waals surface area contributed by atoms with Crippen LogP contribution in [0.1, 0.15) is 39.5 Å². The average molecular weight is 314 g/mol. The lowest BCUT2D eigenvalue weighted by Crippen LogP contribution is -2.29. The van der Waals surface area contributed by atoms with Crippen LogP contribution in [0.5, 0.6) is 0 Å². The summed E-state index contributed by atoms with van der Waals surface area (Å²) in [6.07, 6.45) is 5.04. The number of aliphatic carboxylic acids is 1. The molecule has 1 atom stereocenters. The van der Waals surface area contributed by atoms with Gasteiger partial charge in [0.25, 0.3) is 0 Å². The highest BCUT2D eigenvalue weighted by atomic mass is 32.2. The molecule has 0 aromatic heterocycles. The topological polar surface area (TPSA) is 92.4 Å². The molecule has 1 rings (SSSR count). The quantitative estimate of drug-likeness (QED) is 0.423. The molecule has 0 aliphatic heterocycles. The number of carbonyl (C=O) groups is 2. The van der Waals surface area contributed by atoms with E-state index < -0.39 is 5.97 Å². The summed E-state index contributed by atoms with van der Waals surface area (Å²) in [4.78, 5) is 23.1. The minimum absolute atomic E-state index is 0.00785. The Morgan fingerprint density at radius 1 is 1.38 bits per heavy atom. The number of carbonyl (C=O) groups excluding carboxylic acids is 1. The van der Waals surface area contributed by atoms with Crippen LogP contribution in [-0.2, 0) is 9.59 Å². The number of allylic oxidation sites excluding steroid dienone is 1. The molecular formula is C15H26N2O3S. The highest BCUT2D eigenvalue weighted by Crippen LogP contribution is 2.51. The Morgan fingerprint density at radius 2 is 2.05 bits per heavy atom. The Labute approximate surface area is 130 Å². The molecule has 1 aliphatic carbocycles. The smallest absolute Gasteiger partial charge is 0.352 e. The molecule has 0 unspecified atom stereocenters. The van der Waals surface area contributed by atoms with E-state index in [1.54, 1.807) is 6.08 Å². The monoisotopic (exact) mass is 314 g/mol. The molecule has 0 heterocycles. The lowest BCUT2D eigenvalue weighted by Gasteiger charge is -2.07. The fourth-order valence-corrected chi connectivity index (χ4v) is 2.89. The second-order valence-corrected chi connectivity index (χ2v) is 7.28. The van der Waals surface area contributed by atoms with Crippen LogP contribution in [-0.4, -0.2) is 35.0 Å². The fourth-order valence-electron chi connectivity index (χ4n) is 2.11. The highest BCUT2D eigenvalue weighted by Gasteiger charge is 2.50. The first-order valence-electron chi connectivity index (χ1n) is 7.40. The molecule has 0 saturated heterocycles. The minimum atomic E-state index is -1.07. The molecule has 0 aromatic carbocycles. The number of carboxylic acids is 1. The molecule has 1 fully saturated rings. The number of amides is 1. The number of nitrogens with one attached hydrogen (secondary N) is 1. The van der Waals surface area contributed by atoms with Gasteiger partial charge in [0.05, 0.1) is 0 Å². The molecule has 0 aromatic rings. The van der Waals surface area contributed by atoms with Gasteiger partial charge in [-0.05, 0) is 36.9 Å². The molecule has 5 nitrogen and oxygen atoms in total. The van der Waals surface area contributed by atoms with Gasteiger partial charge in [-0.2, -0.15) is 11.8 Å². The van der Waals surface area contributed by atoms with Crippen molar-refractivity contribution in [3.63, 3.8) is 0 Å². The zero-order valence-electron chi connectivity index (χ0n) is 12.9. The molecule has 0 spiro atoms. The van der Waals surface area contributed by atoms with E-state index in [-0.39, 0.29) is 22.9 Å². The predicted molar refractivity (Wildman–Crippen MR) is 86.0 cm³/mol. The normalized spacial score (nSPS) is 20.1. The fraction of sp³-hybridized carbons (Fsp3) is 0.733. The molecule has 1 amide bonds. The highest BCUT2D eigenvalue weighted by molar-refractivity contribution is 7.99. The van der Waals surface area contributed by atoms with E-state index in [4.69, 9.17) is 10.8 Å². The summed E-state index contributed by atoms with van der Waals surface area (Å²) in [5, 5.41) is 11.7. The number of thioether (sulfide) groups is 1. The van der Waals surface area contributed by atoms with Crippen LogP contribution < -0.4 is 11.1 Å². The maximum atomic E-state index is 11.9. The predicted octanol–water partition coefficient (Wildman–Crippen LogP) is 1.98. The number of carboxylic acid groups (broad SMARTS) is 1. The van der Waals surface area contributed by atoms with Crippen molar-refractivity contribution < 1.29 is 14.7 Å². The van der Waals surface area contributed by atoms with Gasteiger partial charge in [-0.25, -0.2) is 4.79 Å². The summed E-state index contributed by atoms with van der Waals surface area (Å²) < 4.78 is 0. The summed E-state index contributed by atoms with van der Waals surface area (Å²) >= 11 is 1.81. The van der Waals surface area contributed by atoms with Gasteiger partial charge < -0.3 is 16.2 Å². The van der Waals surface area contributed by atoms with Crippen molar-refractivity contribution in [1.82, 2.24) is 5.32 Å². The molecule has 1 aliphatic rings. The zero-order chi connectivity index (χ0) is 15.9. The maximum absolute atomic E-state index is 11.9. The zero-order valence-corrected chi connectivity index (χ0v) is 13.7. The third kappa shape index (κ3) is 6.52. The van der Waals surface area contributed by atoms with Crippen LogP contribution in [0.4, 0.5) is 0 Å².